The van der Waals surface area contributed by atoms with Crippen LogP contribution in [0.5, 0.6) is 0 Å². The summed E-state index contributed by atoms with van der Waals surface area (Å²) in [5.74, 6) is 0. The average Bonchev–Trinajstić information content (AvgIpc) is 1.79. The summed E-state index contributed by atoms with van der Waals surface area (Å²) in [6.45, 7) is 7.07. The zero-order valence-corrected chi connectivity index (χ0v) is 7.46. The van der Waals surface area contributed by atoms with E-state index in [1.807, 2.05) is 0 Å². The van der Waals surface area contributed by atoms with Crippen molar-refractivity contribution in [2.75, 3.05) is 6.61 Å². The predicted molar refractivity (Wildman–Crippen MR) is 44.1 cm³/mol. The number of ether oxygens (including phenoxy) is 1. The monoisotopic (exact) mass is 159 g/mol. The fourth-order valence-corrected chi connectivity index (χ4v) is 1.01. The van der Waals surface area contributed by atoms with Gasteiger partial charge in [0, 0.05) is 6.04 Å². The Bertz CT molecular complexity index is 118. The van der Waals surface area contributed by atoms with Crippen molar-refractivity contribution in [2.45, 2.75) is 33.2 Å². The van der Waals surface area contributed by atoms with Crippen LogP contribution < -0.4 is 5.73 Å². The molecular weight excluding hydrogens is 142 g/mol. The van der Waals surface area contributed by atoms with Gasteiger partial charge in [-0.2, -0.15) is 0 Å². The molecule has 0 aromatic heterocycles. The van der Waals surface area contributed by atoms with Crippen LogP contribution in [0.25, 0.3) is 0 Å². The molecule has 0 aliphatic carbocycles. The second-order valence-corrected chi connectivity index (χ2v) is 3.95. The summed E-state index contributed by atoms with van der Waals surface area (Å²) in [7, 11) is 0. The van der Waals surface area contributed by atoms with E-state index < -0.39 is 0 Å². The highest BCUT2D eigenvalue weighted by Gasteiger charge is 2.15. The first kappa shape index (κ1) is 10.4. The molecule has 0 saturated heterocycles. The number of nitrogens with two attached hydrogens (primary N) is 1. The number of carbonyl (C=O) groups is 1. The molecule has 0 rings (SSSR count). The van der Waals surface area contributed by atoms with Gasteiger partial charge in [0.05, 0.1) is 0 Å². The summed E-state index contributed by atoms with van der Waals surface area (Å²) in [6, 6.07) is -0.0415. The van der Waals surface area contributed by atoms with Crippen molar-refractivity contribution in [2.24, 2.45) is 11.1 Å². The lowest BCUT2D eigenvalue weighted by atomic mass is 9.89. The topological polar surface area (TPSA) is 52.3 Å². The van der Waals surface area contributed by atoms with E-state index in [0.717, 1.165) is 6.42 Å². The number of hydrogen-bond acceptors (Lipinski definition) is 3. The molecule has 0 amide bonds. The molecule has 0 aromatic carbocycles. The third-order valence-corrected chi connectivity index (χ3v) is 1.25. The van der Waals surface area contributed by atoms with Crippen LogP contribution in [0.1, 0.15) is 27.2 Å². The first-order valence-corrected chi connectivity index (χ1v) is 3.76. The Hall–Kier alpha value is -0.570. The molecule has 11 heavy (non-hydrogen) atoms. The van der Waals surface area contributed by atoms with Gasteiger partial charge in [-0.1, -0.05) is 20.8 Å². The van der Waals surface area contributed by atoms with E-state index in [9.17, 15) is 4.79 Å². The number of rotatable bonds is 4. The van der Waals surface area contributed by atoms with Gasteiger partial charge in [0.15, 0.2) is 0 Å². The minimum atomic E-state index is -0.0415. The van der Waals surface area contributed by atoms with Gasteiger partial charge in [-0.15, -0.1) is 0 Å². The van der Waals surface area contributed by atoms with Crippen LogP contribution in [-0.4, -0.2) is 19.1 Å². The molecule has 0 spiro atoms. The van der Waals surface area contributed by atoms with Crippen LogP contribution in [-0.2, 0) is 9.53 Å². The van der Waals surface area contributed by atoms with Crippen LogP contribution in [0.4, 0.5) is 0 Å². The van der Waals surface area contributed by atoms with Crippen LogP contribution >= 0.6 is 0 Å². The summed E-state index contributed by atoms with van der Waals surface area (Å²) in [6.07, 6.45) is 0.862. The average molecular weight is 159 g/mol. The van der Waals surface area contributed by atoms with Gasteiger partial charge in [-0.05, 0) is 11.8 Å². The maximum absolute atomic E-state index is 9.80. The van der Waals surface area contributed by atoms with Crippen molar-refractivity contribution in [1.29, 1.82) is 0 Å². The molecule has 0 fully saturated rings. The smallest absolute Gasteiger partial charge is 0.293 e. The van der Waals surface area contributed by atoms with Crippen LogP contribution in [0.3, 0.4) is 0 Å². The van der Waals surface area contributed by atoms with E-state index in [0.29, 0.717) is 13.1 Å². The minimum absolute atomic E-state index is 0.0415. The van der Waals surface area contributed by atoms with E-state index in [2.05, 4.69) is 25.5 Å². The third-order valence-electron chi connectivity index (χ3n) is 1.25. The van der Waals surface area contributed by atoms with Gasteiger partial charge in [-0.3, -0.25) is 4.79 Å². The van der Waals surface area contributed by atoms with Crippen molar-refractivity contribution in [3.8, 4) is 0 Å². The first-order chi connectivity index (χ1) is 4.95. The molecule has 3 heteroatoms. The lowest BCUT2D eigenvalue weighted by Crippen LogP contribution is -2.30. The molecule has 0 aliphatic rings. The molecule has 0 aromatic rings. The summed E-state index contributed by atoms with van der Waals surface area (Å²) in [4.78, 5) is 9.80. The summed E-state index contributed by atoms with van der Waals surface area (Å²) < 4.78 is 4.54. The molecule has 0 unspecified atom stereocenters. The van der Waals surface area contributed by atoms with E-state index in [1.54, 1.807) is 0 Å². The van der Waals surface area contributed by atoms with E-state index in [1.165, 1.54) is 0 Å². The van der Waals surface area contributed by atoms with Gasteiger partial charge in [-0.25, -0.2) is 0 Å². The lowest BCUT2D eigenvalue weighted by Gasteiger charge is -2.22. The van der Waals surface area contributed by atoms with Gasteiger partial charge in [0.25, 0.3) is 6.47 Å². The SMILES string of the molecule is CC(C)(C)C[C@H](N)COC=O. The van der Waals surface area contributed by atoms with E-state index >= 15 is 0 Å². The maximum Gasteiger partial charge on any atom is 0.293 e. The second kappa shape index (κ2) is 4.34. The Morgan fingerprint density at radius 1 is 1.55 bits per heavy atom. The molecule has 1 atom stereocenters. The van der Waals surface area contributed by atoms with Crippen LogP contribution in [0.15, 0.2) is 0 Å². The number of carbonyl (C=O) groups excluding carboxylic acids is 1. The first-order valence-electron chi connectivity index (χ1n) is 3.76. The molecule has 66 valence electrons. The van der Waals surface area contributed by atoms with Crippen LogP contribution in [0, 0.1) is 5.41 Å². The standard InChI is InChI=1S/C8H17NO2/c1-8(2,3)4-7(9)5-11-6-10/h6-7H,4-5,9H2,1-3H3/t7-/m0/s1. The highest BCUT2D eigenvalue weighted by Crippen LogP contribution is 2.19. The van der Waals surface area contributed by atoms with Crippen molar-refractivity contribution in [3.05, 3.63) is 0 Å². The van der Waals surface area contributed by atoms with Gasteiger partial charge in [0.2, 0.25) is 0 Å². The summed E-state index contributed by atoms with van der Waals surface area (Å²) >= 11 is 0. The molecular formula is C8H17NO2. The third kappa shape index (κ3) is 7.33. The van der Waals surface area contributed by atoms with Crippen molar-refractivity contribution in [1.82, 2.24) is 0 Å². The van der Waals surface area contributed by atoms with Crippen molar-refractivity contribution < 1.29 is 9.53 Å². The zero-order valence-electron chi connectivity index (χ0n) is 7.46. The highest BCUT2D eigenvalue weighted by atomic mass is 16.5. The fourth-order valence-electron chi connectivity index (χ4n) is 1.01. The van der Waals surface area contributed by atoms with Crippen LogP contribution in [0.2, 0.25) is 0 Å². The van der Waals surface area contributed by atoms with Gasteiger partial charge < -0.3 is 10.5 Å². The molecule has 0 aliphatic heterocycles. The Labute approximate surface area is 67.9 Å². The molecule has 0 radical (unpaired) electrons. The fraction of sp³-hybridized carbons (Fsp3) is 0.875. The highest BCUT2D eigenvalue weighted by molar-refractivity contribution is 5.36. The number of hydrogen-bond donors (Lipinski definition) is 1. The van der Waals surface area contributed by atoms with E-state index in [4.69, 9.17) is 5.73 Å². The van der Waals surface area contributed by atoms with Crippen molar-refractivity contribution in [3.63, 3.8) is 0 Å². The molecule has 0 heterocycles. The molecule has 0 saturated carbocycles. The Balaban J connectivity index is 3.51. The van der Waals surface area contributed by atoms with E-state index in [-0.39, 0.29) is 11.5 Å². The minimum Gasteiger partial charge on any atom is -0.466 e. The predicted octanol–water partition coefficient (Wildman–Crippen LogP) is 0.923. The molecule has 2 N–H and O–H groups in total. The summed E-state index contributed by atoms with van der Waals surface area (Å²) in [5, 5.41) is 0. The Kier molecular flexibility index (Phi) is 4.11. The van der Waals surface area contributed by atoms with Crippen molar-refractivity contribution >= 4 is 6.47 Å². The second-order valence-electron chi connectivity index (χ2n) is 3.95. The zero-order chi connectivity index (χ0) is 8.91. The normalized spacial score (nSPS) is 14.2. The molecule has 0 bridgehead atoms. The Morgan fingerprint density at radius 3 is 2.45 bits per heavy atom. The summed E-state index contributed by atoms with van der Waals surface area (Å²) in [5.41, 5.74) is 5.86. The lowest BCUT2D eigenvalue weighted by molar-refractivity contribution is -0.129. The molecule has 3 nitrogen and oxygen atoms in total. The maximum atomic E-state index is 9.80. The quantitative estimate of drug-likeness (QED) is 0.621. The van der Waals surface area contributed by atoms with Gasteiger partial charge >= 0.3 is 0 Å². The Morgan fingerprint density at radius 2 is 2.09 bits per heavy atom. The van der Waals surface area contributed by atoms with Gasteiger partial charge in [0.1, 0.15) is 6.61 Å². The largest absolute Gasteiger partial charge is 0.466 e.